The number of nitrogens with zero attached hydrogens (tertiary/aromatic N) is 4. The number of piperazine rings is 1. The van der Waals surface area contributed by atoms with Crippen LogP contribution in [-0.2, 0) is 0 Å². The molecule has 5 heteroatoms. The van der Waals surface area contributed by atoms with Crippen LogP contribution < -0.4 is 4.90 Å². The summed E-state index contributed by atoms with van der Waals surface area (Å²) in [6, 6.07) is 2.46. The van der Waals surface area contributed by atoms with Gasteiger partial charge in [0.2, 0.25) is 5.28 Å². The normalized spacial score (nSPS) is 22.5. The van der Waals surface area contributed by atoms with Crippen LogP contribution in [0.3, 0.4) is 0 Å². The van der Waals surface area contributed by atoms with Gasteiger partial charge in [0.1, 0.15) is 5.82 Å². The van der Waals surface area contributed by atoms with Crippen molar-refractivity contribution in [3.63, 3.8) is 0 Å². The number of anilines is 1. The molecule has 1 aliphatic heterocycles. The van der Waals surface area contributed by atoms with Crippen molar-refractivity contribution < 1.29 is 0 Å². The molecule has 1 saturated heterocycles. The molecule has 0 spiro atoms. The smallest absolute Gasteiger partial charge is 0.224 e. The van der Waals surface area contributed by atoms with Crippen molar-refractivity contribution in [2.75, 3.05) is 31.6 Å². The summed E-state index contributed by atoms with van der Waals surface area (Å²) in [6.45, 7) is 7.26. The second kappa shape index (κ2) is 4.55. The van der Waals surface area contributed by atoms with Crippen LogP contribution in [-0.4, -0.2) is 47.6 Å². The first-order chi connectivity index (χ1) is 7.56. The molecule has 0 bridgehead atoms. The zero-order chi connectivity index (χ0) is 11.7. The molecule has 0 saturated carbocycles. The number of halogens is 1. The van der Waals surface area contributed by atoms with Gasteiger partial charge in [-0.25, -0.2) is 9.97 Å². The molecule has 0 N–H and O–H groups in total. The third-order valence-electron chi connectivity index (χ3n) is 2.94. The minimum Gasteiger partial charge on any atom is -0.351 e. The second-order valence-corrected chi connectivity index (χ2v) is 4.78. The molecule has 2 heterocycles. The first kappa shape index (κ1) is 11.6. The molecule has 1 unspecified atom stereocenters. The quantitative estimate of drug-likeness (QED) is 0.698. The first-order valence-electron chi connectivity index (χ1n) is 5.52. The molecule has 0 aliphatic carbocycles. The molecule has 0 amide bonds. The highest BCUT2D eigenvalue weighted by atomic mass is 35.5. The summed E-state index contributed by atoms with van der Waals surface area (Å²) in [5.74, 6) is 0.943. The Morgan fingerprint density at radius 2 is 2.12 bits per heavy atom. The van der Waals surface area contributed by atoms with Crippen molar-refractivity contribution in [2.45, 2.75) is 19.9 Å². The molecule has 88 valence electrons. The molecule has 1 aromatic rings. The molecule has 0 aromatic carbocycles. The van der Waals surface area contributed by atoms with Gasteiger partial charge < -0.3 is 9.80 Å². The predicted molar refractivity (Wildman–Crippen MR) is 66.1 cm³/mol. The largest absolute Gasteiger partial charge is 0.351 e. The Morgan fingerprint density at radius 3 is 2.75 bits per heavy atom. The minimum atomic E-state index is 0.334. The maximum absolute atomic E-state index is 5.89. The number of aromatic nitrogens is 2. The zero-order valence-corrected chi connectivity index (χ0v) is 10.7. The van der Waals surface area contributed by atoms with Crippen molar-refractivity contribution in [1.82, 2.24) is 14.9 Å². The number of hydrogen-bond donors (Lipinski definition) is 0. The van der Waals surface area contributed by atoms with E-state index in [1.54, 1.807) is 0 Å². The molecular formula is C11H17ClN4. The van der Waals surface area contributed by atoms with Crippen LogP contribution in [0.2, 0.25) is 5.28 Å². The summed E-state index contributed by atoms with van der Waals surface area (Å²) >= 11 is 5.89. The third-order valence-corrected chi connectivity index (χ3v) is 3.11. The fraction of sp³-hybridized carbons (Fsp3) is 0.636. The number of aryl methyl sites for hydroxylation is 1. The standard InChI is InChI=1S/C11H17ClN4/c1-8-6-10(14-11(12)13-8)16-5-4-15(3)7-9(16)2/h6,9H,4-5,7H2,1-3H3. The lowest BCUT2D eigenvalue weighted by Crippen LogP contribution is -2.50. The fourth-order valence-electron chi connectivity index (χ4n) is 2.14. The van der Waals surface area contributed by atoms with Gasteiger partial charge in [-0.2, -0.15) is 0 Å². The average molecular weight is 241 g/mol. The Morgan fingerprint density at radius 1 is 1.38 bits per heavy atom. The van der Waals surface area contributed by atoms with Crippen molar-refractivity contribution in [2.24, 2.45) is 0 Å². The Bertz CT molecular complexity index is 362. The Hall–Kier alpha value is -0.870. The monoisotopic (exact) mass is 240 g/mol. The molecule has 1 fully saturated rings. The minimum absolute atomic E-state index is 0.334. The lowest BCUT2D eigenvalue weighted by Gasteiger charge is -2.39. The van der Waals surface area contributed by atoms with Crippen LogP contribution in [0.25, 0.3) is 0 Å². The lowest BCUT2D eigenvalue weighted by molar-refractivity contribution is 0.274. The van der Waals surface area contributed by atoms with Gasteiger partial charge in [0.25, 0.3) is 0 Å². The topological polar surface area (TPSA) is 32.3 Å². The van der Waals surface area contributed by atoms with Crippen LogP contribution in [0.5, 0.6) is 0 Å². The SMILES string of the molecule is Cc1cc(N2CCN(C)CC2C)nc(Cl)n1. The summed E-state index contributed by atoms with van der Waals surface area (Å²) in [7, 11) is 2.14. The van der Waals surface area contributed by atoms with Crippen molar-refractivity contribution >= 4 is 17.4 Å². The summed E-state index contributed by atoms with van der Waals surface area (Å²) in [4.78, 5) is 13.0. The maximum Gasteiger partial charge on any atom is 0.224 e. The summed E-state index contributed by atoms with van der Waals surface area (Å²) in [5.41, 5.74) is 0.918. The van der Waals surface area contributed by atoms with E-state index < -0.39 is 0 Å². The highest BCUT2D eigenvalue weighted by Gasteiger charge is 2.22. The van der Waals surface area contributed by atoms with Crippen LogP contribution in [0, 0.1) is 6.92 Å². The average Bonchev–Trinajstić information content (AvgIpc) is 2.15. The van der Waals surface area contributed by atoms with E-state index in [0.717, 1.165) is 31.1 Å². The van der Waals surface area contributed by atoms with E-state index in [1.807, 2.05) is 13.0 Å². The summed E-state index contributed by atoms with van der Waals surface area (Å²) < 4.78 is 0. The van der Waals surface area contributed by atoms with Crippen LogP contribution in [0.1, 0.15) is 12.6 Å². The summed E-state index contributed by atoms with van der Waals surface area (Å²) in [5, 5.41) is 0.334. The Balaban J connectivity index is 2.23. The predicted octanol–water partition coefficient (Wildman–Crippen LogP) is 1.58. The van der Waals surface area contributed by atoms with E-state index in [-0.39, 0.29) is 0 Å². The van der Waals surface area contributed by atoms with Crippen molar-refractivity contribution in [3.05, 3.63) is 17.0 Å². The van der Waals surface area contributed by atoms with E-state index in [1.165, 1.54) is 0 Å². The molecule has 1 aliphatic rings. The van der Waals surface area contributed by atoms with E-state index in [0.29, 0.717) is 11.3 Å². The van der Waals surface area contributed by atoms with E-state index in [9.17, 15) is 0 Å². The van der Waals surface area contributed by atoms with Gasteiger partial charge in [0.15, 0.2) is 0 Å². The number of likely N-dealkylation sites (N-methyl/N-ethyl adjacent to an activating group) is 1. The van der Waals surface area contributed by atoms with Crippen LogP contribution in [0.15, 0.2) is 6.07 Å². The van der Waals surface area contributed by atoms with Gasteiger partial charge in [0, 0.05) is 37.4 Å². The van der Waals surface area contributed by atoms with Gasteiger partial charge in [-0.05, 0) is 32.5 Å². The highest BCUT2D eigenvalue weighted by Crippen LogP contribution is 2.19. The molecule has 1 aromatic heterocycles. The van der Waals surface area contributed by atoms with Crippen LogP contribution in [0.4, 0.5) is 5.82 Å². The molecule has 0 radical (unpaired) electrons. The van der Waals surface area contributed by atoms with E-state index >= 15 is 0 Å². The van der Waals surface area contributed by atoms with Crippen molar-refractivity contribution in [3.8, 4) is 0 Å². The molecule has 2 rings (SSSR count). The van der Waals surface area contributed by atoms with Crippen molar-refractivity contribution in [1.29, 1.82) is 0 Å². The molecular weight excluding hydrogens is 224 g/mol. The Labute approximate surface area is 101 Å². The van der Waals surface area contributed by atoms with E-state index in [2.05, 4.69) is 33.7 Å². The molecule has 16 heavy (non-hydrogen) atoms. The first-order valence-corrected chi connectivity index (χ1v) is 5.90. The van der Waals surface area contributed by atoms with Crippen LogP contribution >= 0.6 is 11.6 Å². The Kier molecular flexibility index (Phi) is 3.30. The lowest BCUT2D eigenvalue weighted by atomic mass is 10.2. The summed E-state index contributed by atoms with van der Waals surface area (Å²) in [6.07, 6.45) is 0. The zero-order valence-electron chi connectivity index (χ0n) is 9.94. The van der Waals surface area contributed by atoms with Gasteiger partial charge in [0.05, 0.1) is 0 Å². The van der Waals surface area contributed by atoms with Gasteiger partial charge >= 0.3 is 0 Å². The number of hydrogen-bond acceptors (Lipinski definition) is 4. The fourth-order valence-corrected chi connectivity index (χ4v) is 2.36. The van der Waals surface area contributed by atoms with E-state index in [4.69, 9.17) is 11.6 Å². The van der Waals surface area contributed by atoms with Gasteiger partial charge in [-0.15, -0.1) is 0 Å². The van der Waals surface area contributed by atoms with Gasteiger partial charge in [-0.1, -0.05) is 0 Å². The number of rotatable bonds is 1. The maximum atomic E-state index is 5.89. The molecule has 4 nitrogen and oxygen atoms in total. The third kappa shape index (κ3) is 2.44. The van der Waals surface area contributed by atoms with Gasteiger partial charge in [-0.3, -0.25) is 0 Å². The highest BCUT2D eigenvalue weighted by molar-refractivity contribution is 6.28. The second-order valence-electron chi connectivity index (χ2n) is 4.44. The molecule has 1 atom stereocenters.